The molecule has 0 bridgehead atoms. The smallest absolute Gasteiger partial charge is 0.223 e. The van der Waals surface area contributed by atoms with E-state index in [0.29, 0.717) is 18.2 Å². The van der Waals surface area contributed by atoms with E-state index in [-0.39, 0.29) is 5.82 Å². The monoisotopic (exact) mass is 246 g/mol. The molecule has 0 aliphatic heterocycles. The van der Waals surface area contributed by atoms with E-state index in [4.69, 9.17) is 4.74 Å². The van der Waals surface area contributed by atoms with E-state index < -0.39 is 0 Å². The van der Waals surface area contributed by atoms with Crippen LogP contribution in [0.5, 0.6) is 11.6 Å². The van der Waals surface area contributed by atoms with E-state index in [0.717, 1.165) is 12.1 Å². The largest absolute Gasteiger partial charge is 0.439 e. The number of hydrogen-bond donors (Lipinski definition) is 1. The predicted octanol–water partition coefficient (Wildman–Crippen LogP) is 3.12. The third kappa shape index (κ3) is 3.28. The van der Waals surface area contributed by atoms with Crippen LogP contribution in [-0.4, -0.2) is 11.5 Å². The van der Waals surface area contributed by atoms with Crippen LogP contribution in [0.15, 0.2) is 42.6 Å². The van der Waals surface area contributed by atoms with Crippen LogP contribution >= 0.6 is 0 Å². The first kappa shape index (κ1) is 12.5. The molecule has 0 radical (unpaired) electrons. The molecule has 94 valence electrons. The molecule has 1 aromatic heterocycles. The summed E-state index contributed by atoms with van der Waals surface area (Å²) in [5.74, 6) is 0.632. The molecule has 2 rings (SSSR count). The third-order valence-corrected chi connectivity index (χ3v) is 2.43. The molecule has 0 saturated heterocycles. The molecule has 0 atom stereocenters. The van der Waals surface area contributed by atoms with Gasteiger partial charge in [-0.15, -0.1) is 0 Å². The van der Waals surface area contributed by atoms with E-state index in [1.807, 2.05) is 19.1 Å². The molecule has 1 N–H and O–H groups in total. The van der Waals surface area contributed by atoms with Crippen LogP contribution < -0.4 is 10.1 Å². The van der Waals surface area contributed by atoms with Gasteiger partial charge in [0.15, 0.2) is 0 Å². The van der Waals surface area contributed by atoms with E-state index >= 15 is 0 Å². The zero-order valence-corrected chi connectivity index (χ0v) is 10.2. The Morgan fingerprint density at radius 1 is 1.28 bits per heavy atom. The lowest BCUT2D eigenvalue weighted by Gasteiger charge is -2.10. The zero-order chi connectivity index (χ0) is 12.8. The second-order valence-corrected chi connectivity index (χ2v) is 3.81. The fraction of sp³-hybridized carbons (Fsp3) is 0.214. The van der Waals surface area contributed by atoms with Gasteiger partial charge >= 0.3 is 0 Å². The lowest BCUT2D eigenvalue weighted by atomic mass is 10.2. The van der Waals surface area contributed by atoms with E-state index in [1.165, 1.54) is 12.1 Å². The van der Waals surface area contributed by atoms with Gasteiger partial charge in [-0.2, -0.15) is 0 Å². The maximum Gasteiger partial charge on any atom is 0.223 e. The average Bonchev–Trinajstić information content (AvgIpc) is 2.38. The molecule has 2 aromatic rings. The number of nitrogens with one attached hydrogen (secondary N) is 1. The molecular formula is C14H15FN2O. The summed E-state index contributed by atoms with van der Waals surface area (Å²) in [4.78, 5) is 4.17. The van der Waals surface area contributed by atoms with E-state index in [1.54, 1.807) is 18.3 Å². The highest BCUT2D eigenvalue weighted by molar-refractivity contribution is 5.32. The molecule has 0 saturated carbocycles. The Morgan fingerprint density at radius 3 is 2.94 bits per heavy atom. The minimum Gasteiger partial charge on any atom is -0.439 e. The Labute approximate surface area is 106 Å². The van der Waals surface area contributed by atoms with Crippen LogP contribution in [0.3, 0.4) is 0 Å². The Morgan fingerprint density at radius 2 is 2.17 bits per heavy atom. The molecule has 0 spiro atoms. The molecule has 0 fully saturated rings. The van der Waals surface area contributed by atoms with Crippen molar-refractivity contribution in [3.05, 3.63) is 54.0 Å². The molecule has 1 aromatic carbocycles. The Bertz CT molecular complexity index is 517. The van der Waals surface area contributed by atoms with Crippen LogP contribution in [0, 0.1) is 5.82 Å². The number of nitrogens with zero attached hydrogens (tertiary/aromatic N) is 1. The number of hydrogen-bond acceptors (Lipinski definition) is 3. The number of rotatable bonds is 5. The molecule has 0 aliphatic rings. The van der Waals surface area contributed by atoms with E-state index in [9.17, 15) is 4.39 Å². The van der Waals surface area contributed by atoms with Crippen molar-refractivity contribution in [3.63, 3.8) is 0 Å². The first-order valence-corrected chi connectivity index (χ1v) is 5.87. The van der Waals surface area contributed by atoms with E-state index in [2.05, 4.69) is 10.3 Å². The normalized spacial score (nSPS) is 10.3. The van der Waals surface area contributed by atoms with Crippen LogP contribution in [0.2, 0.25) is 0 Å². The van der Waals surface area contributed by atoms with Gasteiger partial charge in [-0.3, -0.25) is 0 Å². The summed E-state index contributed by atoms with van der Waals surface area (Å²) in [5, 5.41) is 3.21. The van der Waals surface area contributed by atoms with Crippen molar-refractivity contribution in [2.45, 2.75) is 13.5 Å². The summed E-state index contributed by atoms with van der Waals surface area (Å²) in [7, 11) is 0. The standard InChI is InChI=1S/C14H15FN2O/c1-2-16-10-11-5-4-8-17-14(11)18-13-7-3-6-12(15)9-13/h3-9,16H,2,10H2,1H3. The first-order chi connectivity index (χ1) is 8.79. The molecule has 3 nitrogen and oxygen atoms in total. The van der Waals surface area contributed by atoms with Gasteiger partial charge in [0, 0.05) is 24.4 Å². The minimum atomic E-state index is -0.323. The molecule has 18 heavy (non-hydrogen) atoms. The molecule has 0 unspecified atom stereocenters. The lowest BCUT2D eigenvalue weighted by molar-refractivity contribution is 0.449. The van der Waals surface area contributed by atoms with Crippen molar-refractivity contribution < 1.29 is 9.13 Å². The zero-order valence-electron chi connectivity index (χ0n) is 10.2. The lowest BCUT2D eigenvalue weighted by Crippen LogP contribution is -2.12. The number of pyridine rings is 1. The quantitative estimate of drug-likeness (QED) is 0.880. The minimum absolute atomic E-state index is 0.323. The number of benzene rings is 1. The summed E-state index contributed by atoms with van der Waals surface area (Å²) < 4.78 is 18.7. The van der Waals surface area contributed by atoms with Gasteiger partial charge in [0.25, 0.3) is 0 Å². The second kappa shape index (κ2) is 6.12. The maximum atomic E-state index is 13.1. The highest BCUT2D eigenvalue weighted by Crippen LogP contribution is 2.23. The van der Waals surface area contributed by atoms with Crippen LogP contribution in [0.1, 0.15) is 12.5 Å². The van der Waals surface area contributed by atoms with Gasteiger partial charge in [-0.05, 0) is 24.7 Å². The highest BCUT2D eigenvalue weighted by atomic mass is 19.1. The number of ether oxygens (including phenoxy) is 1. The van der Waals surface area contributed by atoms with Crippen LogP contribution in [0.25, 0.3) is 0 Å². The number of aromatic nitrogens is 1. The highest BCUT2D eigenvalue weighted by Gasteiger charge is 2.05. The van der Waals surface area contributed by atoms with Crippen molar-refractivity contribution in [2.75, 3.05) is 6.54 Å². The molecule has 0 aliphatic carbocycles. The van der Waals surface area contributed by atoms with Gasteiger partial charge < -0.3 is 10.1 Å². The summed E-state index contributed by atoms with van der Waals surface area (Å²) >= 11 is 0. The third-order valence-electron chi connectivity index (χ3n) is 2.43. The molecule has 1 heterocycles. The first-order valence-electron chi connectivity index (χ1n) is 5.87. The predicted molar refractivity (Wildman–Crippen MR) is 68.1 cm³/mol. The SMILES string of the molecule is CCNCc1cccnc1Oc1cccc(F)c1. The van der Waals surface area contributed by atoms with Gasteiger partial charge in [-0.1, -0.05) is 19.1 Å². The summed E-state index contributed by atoms with van der Waals surface area (Å²) in [6.45, 7) is 3.58. The van der Waals surface area contributed by atoms with Crippen molar-refractivity contribution in [1.29, 1.82) is 0 Å². The topological polar surface area (TPSA) is 34.2 Å². The average molecular weight is 246 g/mol. The van der Waals surface area contributed by atoms with Crippen LogP contribution in [0.4, 0.5) is 4.39 Å². The fourth-order valence-corrected chi connectivity index (χ4v) is 1.55. The van der Waals surface area contributed by atoms with Crippen molar-refractivity contribution >= 4 is 0 Å². The van der Waals surface area contributed by atoms with Crippen molar-refractivity contribution in [2.24, 2.45) is 0 Å². The van der Waals surface area contributed by atoms with Crippen LogP contribution in [-0.2, 0) is 6.54 Å². The van der Waals surface area contributed by atoms with Gasteiger partial charge in [0.2, 0.25) is 5.88 Å². The van der Waals surface area contributed by atoms with Crippen molar-refractivity contribution in [1.82, 2.24) is 10.3 Å². The summed E-state index contributed by atoms with van der Waals surface area (Å²) in [5.41, 5.74) is 0.948. The fourth-order valence-electron chi connectivity index (χ4n) is 1.55. The Kier molecular flexibility index (Phi) is 4.25. The molecule has 4 heteroatoms. The Balaban J connectivity index is 2.17. The number of halogens is 1. The second-order valence-electron chi connectivity index (χ2n) is 3.81. The maximum absolute atomic E-state index is 13.1. The molecular weight excluding hydrogens is 231 g/mol. The summed E-state index contributed by atoms with van der Waals surface area (Å²) in [6.07, 6.45) is 1.66. The van der Waals surface area contributed by atoms with Gasteiger partial charge in [-0.25, -0.2) is 9.37 Å². The summed E-state index contributed by atoms with van der Waals surface area (Å²) in [6, 6.07) is 9.82. The molecule has 0 amide bonds. The van der Waals surface area contributed by atoms with Gasteiger partial charge in [0.1, 0.15) is 11.6 Å². The van der Waals surface area contributed by atoms with Crippen molar-refractivity contribution in [3.8, 4) is 11.6 Å². The Hall–Kier alpha value is -1.94. The van der Waals surface area contributed by atoms with Gasteiger partial charge in [0.05, 0.1) is 0 Å².